The van der Waals surface area contributed by atoms with Gasteiger partial charge in [0.1, 0.15) is 12.4 Å². The molecule has 0 amide bonds. The van der Waals surface area contributed by atoms with Gasteiger partial charge in [-0.3, -0.25) is 4.90 Å². The summed E-state index contributed by atoms with van der Waals surface area (Å²) in [5, 5.41) is 8.98. The summed E-state index contributed by atoms with van der Waals surface area (Å²) in [6, 6.07) is 14.3. The Kier molecular flexibility index (Phi) is 6.04. The number of piperidine rings is 1. The van der Waals surface area contributed by atoms with Crippen molar-refractivity contribution in [2.45, 2.75) is 19.3 Å². The molecule has 2 fully saturated rings. The fourth-order valence-electron chi connectivity index (χ4n) is 3.79. The van der Waals surface area contributed by atoms with E-state index in [9.17, 15) is 0 Å². The Bertz CT molecular complexity index is 679. The van der Waals surface area contributed by atoms with Gasteiger partial charge in [0.2, 0.25) is 0 Å². The van der Waals surface area contributed by atoms with Gasteiger partial charge in [-0.05, 0) is 43.5 Å². The Morgan fingerprint density at radius 2 is 1.33 bits per heavy atom. The first kappa shape index (κ1) is 18.0. The van der Waals surface area contributed by atoms with Crippen molar-refractivity contribution < 1.29 is 4.74 Å². The second-order valence-corrected chi connectivity index (χ2v) is 7.29. The van der Waals surface area contributed by atoms with Gasteiger partial charge in [-0.2, -0.15) is 0 Å². The van der Waals surface area contributed by atoms with Crippen LogP contribution >= 0.6 is 0 Å². The third-order valence-electron chi connectivity index (χ3n) is 5.43. The number of hydrogen-bond donors (Lipinski definition) is 0. The van der Waals surface area contributed by atoms with E-state index in [1.54, 1.807) is 0 Å². The normalized spacial score (nSPS) is 18.5. The van der Waals surface area contributed by atoms with Crippen molar-refractivity contribution in [2.24, 2.45) is 0 Å². The molecule has 0 saturated carbocycles. The lowest BCUT2D eigenvalue weighted by atomic mass is 10.1. The largest absolute Gasteiger partial charge is 0.492 e. The van der Waals surface area contributed by atoms with Crippen LogP contribution in [0.15, 0.2) is 42.5 Å². The number of ether oxygens (including phenoxy) is 1. The van der Waals surface area contributed by atoms with Crippen LogP contribution in [0, 0.1) is 0 Å². The molecule has 6 nitrogen and oxygen atoms in total. The van der Waals surface area contributed by atoms with Crippen LogP contribution in [0.25, 0.3) is 0 Å². The highest BCUT2D eigenvalue weighted by atomic mass is 16.5. The molecule has 1 aromatic heterocycles. The van der Waals surface area contributed by atoms with Crippen molar-refractivity contribution in [3.63, 3.8) is 0 Å². The molecule has 4 rings (SSSR count). The third-order valence-corrected chi connectivity index (χ3v) is 5.43. The average molecular weight is 367 g/mol. The molecule has 27 heavy (non-hydrogen) atoms. The zero-order chi connectivity index (χ0) is 18.3. The van der Waals surface area contributed by atoms with Crippen molar-refractivity contribution >= 4 is 11.6 Å². The van der Waals surface area contributed by atoms with Crippen molar-refractivity contribution in [3.8, 4) is 5.75 Å². The number of aromatic nitrogens is 2. The summed E-state index contributed by atoms with van der Waals surface area (Å²) in [5.41, 5.74) is 0. The molecule has 2 aliphatic heterocycles. The molecular formula is C21H29N5O. The molecule has 0 radical (unpaired) electrons. The van der Waals surface area contributed by atoms with Crippen LogP contribution in [-0.4, -0.2) is 67.5 Å². The second kappa shape index (κ2) is 9.04. The third kappa shape index (κ3) is 4.89. The number of hydrogen-bond acceptors (Lipinski definition) is 6. The summed E-state index contributed by atoms with van der Waals surface area (Å²) in [7, 11) is 0. The Labute approximate surface area is 161 Å². The smallest absolute Gasteiger partial charge is 0.151 e. The zero-order valence-corrected chi connectivity index (χ0v) is 16.0. The Morgan fingerprint density at radius 1 is 0.704 bits per heavy atom. The van der Waals surface area contributed by atoms with Gasteiger partial charge in [-0.25, -0.2) is 0 Å². The summed E-state index contributed by atoms with van der Waals surface area (Å²) in [6.45, 7) is 7.96. The molecule has 6 heteroatoms. The first-order valence-corrected chi connectivity index (χ1v) is 10.1. The topological polar surface area (TPSA) is 44.7 Å². The zero-order valence-electron chi connectivity index (χ0n) is 16.0. The standard InChI is InChI=1S/C21H29N5O/c1-3-7-19(8-4-1)27-18-17-24-13-15-26(16-14-24)21-10-9-20(22-23-21)25-11-5-2-6-12-25/h1,3-4,7-10H,2,5-6,11-18H2. The molecular weight excluding hydrogens is 338 g/mol. The van der Waals surface area contributed by atoms with E-state index in [1.807, 2.05) is 30.3 Å². The van der Waals surface area contributed by atoms with Crippen LogP contribution in [-0.2, 0) is 0 Å². The predicted molar refractivity (Wildman–Crippen MR) is 109 cm³/mol. The van der Waals surface area contributed by atoms with E-state index in [4.69, 9.17) is 4.74 Å². The Morgan fingerprint density at radius 3 is 1.96 bits per heavy atom. The summed E-state index contributed by atoms with van der Waals surface area (Å²) < 4.78 is 5.81. The molecule has 144 valence electrons. The van der Waals surface area contributed by atoms with Gasteiger partial charge in [-0.15, -0.1) is 10.2 Å². The minimum atomic E-state index is 0.731. The number of anilines is 2. The lowest BCUT2D eigenvalue weighted by Crippen LogP contribution is -2.47. The van der Waals surface area contributed by atoms with E-state index in [1.165, 1.54) is 19.3 Å². The van der Waals surface area contributed by atoms with E-state index in [2.05, 4.69) is 37.0 Å². The highest BCUT2D eigenvalue weighted by molar-refractivity contribution is 5.45. The minimum Gasteiger partial charge on any atom is -0.492 e. The van der Waals surface area contributed by atoms with Crippen molar-refractivity contribution in [1.82, 2.24) is 15.1 Å². The minimum absolute atomic E-state index is 0.731. The predicted octanol–water partition coefficient (Wildman–Crippen LogP) is 2.67. The lowest BCUT2D eigenvalue weighted by Gasteiger charge is -2.35. The van der Waals surface area contributed by atoms with E-state index in [0.29, 0.717) is 0 Å². The molecule has 2 saturated heterocycles. The number of benzene rings is 1. The van der Waals surface area contributed by atoms with Gasteiger partial charge in [0.25, 0.3) is 0 Å². The molecule has 0 N–H and O–H groups in total. The highest BCUT2D eigenvalue weighted by Crippen LogP contribution is 2.19. The van der Waals surface area contributed by atoms with Crippen LogP contribution in [0.2, 0.25) is 0 Å². The number of nitrogens with zero attached hydrogens (tertiary/aromatic N) is 5. The van der Waals surface area contributed by atoms with Crippen molar-refractivity contribution in [1.29, 1.82) is 0 Å². The number of rotatable bonds is 6. The van der Waals surface area contributed by atoms with Gasteiger partial charge < -0.3 is 14.5 Å². The molecule has 1 aromatic carbocycles. The molecule has 0 bridgehead atoms. The first-order chi connectivity index (χ1) is 13.4. The summed E-state index contributed by atoms with van der Waals surface area (Å²) in [5.74, 6) is 2.96. The summed E-state index contributed by atoms with van der Waals surface area (Å²) in [4.78, 5) is 7.14. The SMILES string of the molecule is c1ccc(OCCN2CCN(c3ccc(N4CCCCC4)nn3)CC2)cc1. The fourth-order valence-corrected chi connectivity index (χ4v) is 3.79. The van der Waals surface area contributed by atoms with Gasteiger partial charge >= 0.3 is 0 Å². The quantitative estimate of drug-likeness (QED) is 0.782. The highest BCUT2D eigenvalue weighted by Gasteiger charge is 2.19. The van der Waals surface area contributed by atoms with Gasteiger partial charge in [-0.1, -0.05) is 18.2 Å². The fraction of sp³-hybridized carbons (Fsp3) is 0.524. The van der Waals surface area contributed by atoms with Crippen molar-refractivity contribution in [3.05, 3.63) is 42.5 Å². The molecule has 0 spiro atoms. The van der Waals surface area contributed by atoms with E-state index >= 15 is 0 Å². The first-order valence-electron chi connectivity index (χ1n) is 10.1. The molecule has 0 aliphatic carbocycles. The van der Waals surface area contributed by atoms with Crippen LogP contribution in [0.4, 0.5) is 11.6 Å². The van der Waals surface area contributed by atoms with Gasteiger partial charge in [0.05, 0.1) is 0 Å². The van der Waals surface area contributed by atoms with Crippen molar-refractivity contribution in [2.75, 3.05) is 62.2 Å². The molecule has 2 aliphatic rings. The maximum absolute atomic E-state index is 5.81. The summed E-state index contributed by atoms with van der Waals surface area (Å²) in [6.07, 6.45) is 3.86. The van der Waals surface area contributed by atoms with Crippen LogP contribution in [0.1, 0.15) is 19.3 Å². The second-order valence-electron chi connectivity index (χ2n) is 7.29. The molecule has 0 unspecified atom stereocenters. The van der Waals surface area contributed by atoms with Crippen LogP contribution < -0.4 is 14.5 Å². The Balaban J connectivity index is 1.21. The maximum Gasteiger partial charge on any atom is 0.151 e. The Hall–Kier alpha value is -2.34. The number of para-hydroxylation sites is 1. The lowest BCUT2D eigenvalue weighted by molar-refractivity contribution is 0.200. The van der Waals surface area contributed by atoms with Crippen LogP contribution in [0.5, 0.6) is 5.75 Å². The average Bonchev–Trinajstić information content (AvgIpc) is 2.76. The maximum atomic E-state index is 5.81. The van der Waals surface area contributed by atoms with E-state index < -0.39 is 0 Å². The van der Waals surface area contributed by atoms with E-state index in [-0.39, 0.29) is 0 Å². The number of piperazine rings is 1. The summed E-state index contributed by atoms with van der Waals surface area (Å²) >= 11 is 0. The molecule has 2 aromatic rings. The van der Waals surface area contributed by atoms with Gasteiger partial charge in [0.15, 0.2) is 11.6 Å². The van der Waals surface area contributed by atoms with Gasteiger partial charge in [0, 0.05) is 45.8 Å². The monoisotopic (exact) mass is 367 g/mol. The van der Waals surface area contributed by atoms with E-state index in [0.717, 1.165) is 69.8 Å². The molecule has 0 atom stereocenters. The molecule has 3 heterocycles. The van der Waals surface area contributed by atoms with Crippen LogP contribution in [0.3, 0.4) is 0 Å².